The van der Waals surface area contributed by atoms with Crippen molar-refractivity contribution in [2.45, 2.75) is 6.42 Å². The monoisotopic (exact) mass is 214 g/mol. The minimum atomic E-state index is -0.955. The molecule has 0 amide bonds. The van der Waals surface area contributed by atoms with Crippen LogP contribution in [0.3, 0.4) is 0 Å². The summed E-state index contributed by atoms with van der Waals surface area (Å²) in [5.74, 6) is -1.49. The van der Waals surface area contributed by atoms with Gasteiger partial charge in [0.1, 0.15) is 5.82 Å². The van der Waals surface area contributed by atoms with Gasteiger partial charge in [0.25, 0.3) is 0 Å². The van der Waals surface area contributed by atoms with Crippen molar-refractivity contribution in [3.05, 3.63) is 40.7 Å². The third kappa shape index (κ3) is 2.85. The van der Waals surface area contributed by atoms with E-state index in [2.05, 4.69) is 0 Å². The van der Waals surface area contributed by atoms with E-state index >= 15 is 0 Å². The van der Waals surface area contributed by atoms with Crippen LogP contribution in [0.1, 0.15) is 12.0 Å². The highest BCUT2D eigenvalue weighted by molar-refractivity contribution is 6.30. The van der Waals surface area contributed by atoms with Crippen LogP contribution in [0, 0.1) is 5.82 Å². The number of carboxylic acid groups (broad SMARTS) is 1. The lowest BCUT2D eigenvalue weighted by molar-refractivity contribution is -0.135. The molecule has 1 aromatic rings. The molecule has 14 heavy (non-hydrogen) atoms. The maximum atomic E-state index is 13.2. The number of carboxylic acids is 1. The van der Waals surface area contributed by atoms with Crippen LogP contribution in [0.15, 0.2) is 24.3 Å². The average molecular weight is 215 g/mol. The molecule has 4 heteroatoms. The van der Waals surface area contributed by atoms with Crippen molar-refractivity contribution < 1.29 is 14.3 Å². The van der Waals surface area contributed by atoms with Crippen LogP contribution in [0.5, 0.6) is 0 Å². The normalized spacial score (nSPS) is 10.7. The predicted molar refractivity (Wildman–Crippen MR) is 52.7 cm³/mol. The molecule has 0 aliphatic heterocycles. The third-order valence-corrected chi connectivity index (χ3v) is 1.86. The third-order valence-electron chi connectivity index (χ3n) is 1.57. The van der Waals surface area contributed by atoms with E-state index in [4.69, 9.17) is 16.7 Å². The molecule has 74 valence electrons. The van der Waals surface area contributed by atoms with Crippen LogP contribution in [0.25, 0.3) is 6.08 Å². The maximum Gasteiger partial charge on any atom is 0.307 e. The fourth-order valence-corrected chi connectivity index (χ4v) is 1.12. The SMILES string of the molecule is O=C(O)CC=Cc1cccc(Cl)c1F. The van der Waals surface area contributed by atoms with Crippen molar-refractivity contribution in [3.63, 3.8) is 0 Å². The van der Waals surface area contributed by atoms with Gasteiger partial charge in [0.15, 0.2) is 0 Å². The van der Waals surface area contributed by atoms with E-state index in [0.717, 1.165) is 0 Å². The van der Waals surface area contributed by atoms with E-state index in [9.17, 15) is 9.18 Å². The van der Waals surface area contributed by atoms with Crippen LogP contribution in [-0.2, 0) is 4.79 Å². The summed E-state index contributed by atoms with van der Waals surface area (Å²) in [6.07, 6.45) is 2.64. The van der Waals surface area contributed by atoms with Crippen LogP contribution < -0.4 is 0 Å². The standard InChI is InChI=1S/C10H8ClFO2/c11-8-5-1-3-7(10(8)12)4-2-6-9(13)14/h1-5H,6H2,(H,13,14). The highest BCUT2D eigenvalue weighted by Gasteiger charge is 2.02. The summed E-state index contributed by atoms with van der Waals surface area (Å²) in [6.45, 7) is 0. The molecule has 0 saturated heterocycles. The highest BCUT2D eigenvalue weighted by Crippen LogP contribution is 2.18. The van der Waals surface area contributed by atoms with Crippen molar-refractivity contribution in [2.24, 2.45) is 0 Å². The van der Waals surface area contributed by atoms with Gasteiger partial charge in [-0.1, -0.05) is 35.9 Å². The summed E-state index contributed by atoms with van der Waals surface area (Å²) < 4.78 is 13.2. The van der Waals surface area contributed by atoms with Crippen molar-refractivity contribution in [1.82, 2.24) is 0 Å². The number of hydrogen-bond donors (Lipinski definition) is 1. The Kier molecular flexibility index (Phi) is 3.65. The Morgan fingerprint density at radius 1 is 1.57 bits per heavy atom. The molecule has 0 aromatic heterocycles. The fourth-order valence-electron chi connectivity index (χ4n) is 0.936. The second-order valence-electron chi connectivity index (χ2n) is 2.64. The largest absolute Gasteiger partial charge is 0.481 e. The Morgan fingerprint density at radius 3 is 2.93 bits per heavy atom. The summed E-state index contributed by atoms with van der Waals surface area (Å²) in [6, 6.07) is 4.57. The summed E-state index contributed by atoms with van der Waals surface area (Å²) in [7, 11) is 0. The zero-order valence-corrected chi connectivity index (χ0v) is 7.96. The molecule has 2 nitrogen and oxygen atoms in total. The first kappa shape index (κ1) is 10.7. The number of aliphatic carboxylic acids is 1. The zero-order valence-electron chi connectivity index (χ0n) is 7.21. The first-order valence-corrected chi connectivity index (χ1v) is 4.31. The van der Waals surface area contributed by atoms with Gasteiger partial charge in [-0.2, -0.15) is 0 Å². The van der Waals surface area contributed by atoms with Gasteiger partial charge in [-0.15, -0.1) is 0 Å². The van der Waals surface area contributed by atoms with Gasteiger partial charge in [0.2, 0.25) is 0 Å². The Hall–Kier alpha value is -1.35. The second-order valence-corrected chi connectivity index (χ2v) is 3.05. The van der Waals surface area contributed by atoms with Crippen LogP contribution in [0.2, 0.25) is 5.02 Å². The number of halogens is 2. The van der Waals surface area contributed by atoms with E-state index in [1.165, 1.54) is 24.3 Å². The first-order valence-electron chi connectivity index (χ1n) is 3.93. The van der Waals surface area contributed by atoms with Crippen molar-refractivity contribution in [1.29, 1.82) is 0 Å². The molecule has 1 rings (SSSR count). The van der Waals surface area contributed by atoms with Crippen molar-refractivity contribution in [2.75, 3.05) is 0 Å². The van der Waals surface area contributed by atoms with E-state index in [-0.39, 0.29) is 11.4 Å². The van der Waals surface area contributed by atoms with E-state index in [1.807, 2.05) is 0 Å². The second kappa shape index (κ2) is 4.77. The molecule has 0 saturated carbocycles. The first-order chi connectivity index (χ1) is 6.61. The van der Waals surface area contributed by atoms with Gasteiger partial charge in [-0.3, -0.25) is 4.79 Å². The van der Waals surface area contributed by atoms with Crippen molar-refractivity contribution >= 4 is 23.6 Å². The zero-order chi connectivity index (χ0) is 10.6. The molecular formula is C10H8ClFO2. The molecule has 1 N–H and O–H groups in total. The molecule has 0 spiro atoms. The lowest BCUT2D eigenvalue weighted by atomic mass is 10.2. The van der Waals surface area contributed by atoms with Crippen LogP contribution in [-0.4, -0.2) is 11.1 Å². The van der Waals surface area contributed by atoms with E-state index in [0.29, 0.717) is 5.56 Å². The molecule has 0 bridgehead atoms. The minimum Gasteiger partial charge on any atom is -0.481 e. The molecule has 0 heterocycles. The van der Waals surface area contributed by atoms with Gasteiger partial charge in [0, 0.05) is 5.56 Å². The average Bonchev–Trinajstić information content (AvgIpc) is 2.12. The molecule has 0 aliphatic carbocycles. The summed E-state index contributed by atoms with van der Waals surface area (Å²) in [5, 5.41) is 8.37. The summed E-state index contributed by atoms with van der Waals surface area (Å²) >= 11 is 5.53. The number of benzene rings is 1. The Bertz CT molecular complexity index is 374. The van der Waals surface area contributed by atoms with Gasteiger partial charge >= 0.3 is 5.97 Å². The van der Waals surface area contributed by atoms with Crippen LogP contribution in [0.4, 0.5) is 4.39 Å². The predicted octanol–water partition coefficient (Wildman–Crippen LogP) is 2.97. The molecule has 0 fully saturated rings. The molecular weight excluding hydrogens is 207 g/mol. The molecule has 0 atom stereocenters. The van der Waals surface area contributed by atoms with E-state index in [1.54, 1.807) is 6.07 Å². The molecule has 0 aliphatic rings. The molecule has 0 radical (unpaired) electrons. The topological polar surface area (TPSA) is 37.3 Å². The fraction of sp³-hybridized carbons (Fsp3) is 0.100. The number of carbonyl (C=O) groups is 1. The highest BCUT2D eigenvalue weighted by atomic mass is 35.5. The maximum absolute atomic E-state index is 13.2. The van der Waals surface area contributed by atoms with Gasteiger partial charge in [0.05, 0.1) is 11.4 Å². The Balaban J connectivity index is 2.81. The van der Waals surface area contributed by atoms with Crippen molar-refractivity contribution in [3.8, 4) is 0 Å². The lowest BCUT2D eigenvalue weighted by Crippen LogP contribution is -1.90. The number of hydrogen-bond acceptors (Lipinski definition) is 1. The minimum absolute atomic E-state index is 0.0301. The summed E-state index contributed by atoms with van der Waals surface area (Å²) in [5.41, 5.74) is 0.291. The Labute approximate surface area is 85.6 Å². The van der Waals surface area contributed by atoms with Crippen LogP contribution >= 0.6 is 11.6 Å². The quantitative estimate of drug-likeness (QED) is 0.840. The Morgan fingerprint density at radius 2 is 2.29 bits per heavy atom. The van der Waals surface area contributed by atoms with Gasteiger partial charge < -0.3 is 5.11 Å². The molecule has 1 aromatic carbocycles. The smallest absolute Gasteiger partial charge is 0.307 e. The van der Waals surface area contributed by atoms with Gasteiger partial charge in [-0.25, -0.2) is 4.39 Å². The van der Waals surface area contributed by atoms with Gasteiger partial charge in [-0.05, 0) is 6.07 Å². The summed E-state index contributed by atoms with van der Waals surface area (Å²) in [4.78, 5) is 10.2. The van der Waals surface area contributed by atoms with E-state index < -0.39 is 11.8 Å². The number of rotatable bonds is 3. The lowest BCUT2D eigenvalue weighted by Gasteiger charge is -1.97. The molecule has 0 unspecified atom stereocenters.